The molecule has 1 heterocycles. The standard InChI is InChI=1S/C12H24N2O/c1-9(2)6-12(15)14-7-10(3)11(8-14)4-5-13/h9-11H,4-8,13H2,1-3H3/t10-,11-/m1/s1. The van der Waals surface area contributed by atoms with Crippen LogP contribution in [0.1, 0.15) is 33.6 Å². The van der Waals surface area contributed by atoms with Crippen LogP contribution in [0.25, 0.3) is 0 Å². The maximum Gasteiger partial charge on any atom is 0.222 e. The summed E-state index contributed by atoms with van der Waals surface area (Å²) in [5, 5.41) is 0. The van der Waals surface area contributed by atoms with Crippen LogP contribution in [0.15, 0.2) is 0 Å². The van der Waals surface area contributed by atoms with Gasteiger partial charge in [-0.05, 0) is 30.7 Å². The topological polar surface area (TPSA) is 46.3 Å². The monoisotopic (exact) mass is 212 g/mol. The normalized spacial score (nSPS) is 26.3. The van der Waals surface area contributed by atoms with Gasteiger partial charge in [-0.15, -0.1) is 0 Å². The summed E-state index contributed by atoms with van der Waals surface area (Å²) >= 11 is 0. The highest BCUT2D eigenvalue weighted by atomic mass is 16.2. The summed E-state index contributed by atoms with van der Waals surface area (Å²) in [6, 6.07) is 0. The van der Waals surface area contributed by atoms with E-state index in [1.807, 2.05) is 4.90 Å². The van der Waals surface area contributed by atoms with Crippen molar-refractivity contribution in [3.05, 3.63) is 0 Å². The molecule has 1 saturated heterocycles. The lowest BCUT2D eigenvalue weighted by Gasteiger charge is -2.17. The predicted molar refractivity (Wildman–Crippen MR) is 62.4 cm³/mol. The van der Waals surface area contributed by atoms with Crippen LogP contribution in [0.2, 0.25) is 0 Å². The lowest BCUT2D eigenvalue weighted by Crippen LogP contribution is -2.29. The molecule has 1 fully saturated rings. The van der Waals surface area contributed by atoms with Crippen molar-refractivity contribution in [1.29, 1.82) is 0 Å². The maximum atomic E-state index is 11.8. The summed E-state index contributed by atoms with van der Waals surface area (Å²) in [4.78, 5) is 13.9. The van der Waals surface area contributed by atoms with Gasteiger partial charge >= 0.3 is 0 Å². The highest BCUT2D eigenvalue weighted by Gasteiger charge is 2.31. The van der Waals surface area contributed by atoms with E-state index in [4.69, 9.17) is 5.73 Å². The largest absolute Gasteiger partial charge is 0.342 e. The van der Waals surface area contributed by atoms with Crippen molar-refractivity contribution >= 4 is 5.91 Å². The molecule has 0 saturated carbocycles. The highest BCUT2D eigenvalue weighted by Crippen LogP contribution is 2.26. The number of carbonyl (C=O) groups is 1. The molecule has 0 aromatic rings. The lowest BCUT2D eigenvalue weighted by molar-refractivity contribution is -0.131. The zero-order valence-electron chi connectivity index (χ0n) is 10.2. The molecule has 0 radical (unpaired) electrons. The third kappa shape index (κ3) is 3.49. The molecule has 3 heteroatoms. The molecule has 1 aliphatic rings. The number of rotatable bonds is 4. The van der Waals surface area contributed by atoms with Gasteiger partial charge in [-0.1, -0.05) is 20.8 Å². The number of amides is 1. The number of hydrogen-bond donors (Lipinski definition) is 1. The summed E-state index contributed by atoms with van der Waals surface area (Å²) in [7, 11) is 0. The van der Waals surface area contributed by atoms with Crippen LogP contribution in [0.4, 0.5) is 0 Å². The van der Waals surface area contributed by atoms with E-state index in [2.05, 4.69) is 20.8 Å². The smallest absolute Gasteiger partial charge is 0.222 e. The van der Waals surface area contributed by atoms with Crippen molar-refractivity contribution in [2.75, 3.05) is 19.6 Å². The maximum absolute atomic E-state index is 11.8. The van der Waals surface area contributed by atoms with Crippen molar-refractivity contribution in [3.8, 4) is 0 Å². The minimum atomic E-state index is 0.316. The van der Waals surface area contributed by atoms with E-state index in [1.165, 1.54) is 0 Å². The second-order valence-corrected chi connectivity index (χ2v) is 5.21. The Bertz CT molecular complexity index is 216. The van der Waals surface area contributed by atoms with Gasteiger partial charge in [-0.2, -0.15) is 0 Å². The number of likely N-dealkylation sites (tertiary alicyclic amines) is 1. The van der Waals surface area contributed by atoms with Gasteiger partial charge in [0.15, 0.2) is 0 Å². The Balaban J connectivity index is 2.43. The number of nitrogens with zero attached hydrogens (tertiary/aromatic N) is 1. The lowest BCUT2D eigenvalue weighted by atomic mass is 9.95. The molecule has 0 bridgehead atoms. The van der Waals surface area contributed by atoms with Crippen LogP contribution in [0.5, 0.6) is 0 Å². The average Bonchev–Trinajstić information content (AvgIpc) is 2.47. The summed E-state index contributed by atoms with van der Waals surface area (Å²) in [6.07, 6.45) is 1.73. The van der Waals surface area contributed by atoms with Gasteiger partial charge in [0.2, 0.25) is 5.91 Å². The van der Waals surface area contributed by atoms with E-state index in [-0.39, 0.29) is 0 Å². The predicted octanol–water partition coefficient (Wildman–Crippen LogP) is 1.48. The van der Waals surface area contributed by atoms with Crippen molar-refractivity contribution in [3.63, 3.8) is 0 Å². The third-order valence-electron chi connectivity index (χ3n) is 3.24. The van der Waals surface area contributed by atoms with Crippen molar-refractivity contribution in [2.45, 2.75) is 33.6 Å². The zero-order chi connectivity index (χ0) is 11.4. The molecule has 1 aliphatic heterocycles. The minimum Gasteiger partial charge on any atom is -0.342 e. The van der Waals surface area contributed by atoms with E-state index in [0.717, 1.165) is 26.1 Å². The van der Waals surface area contributed by atoms with Crippen molar-refractivity contribution < 1.29 is 4.79 Å². The Morgan fingerprint density at radius 1 is 1.47 bits per heavy atom. The fraction of sp³-hybridized carbons (Fsp3) is 0.917. The Kier molecular flexibility index (Phi) is 4.58. The molecule has 3 nitrogen and oxygen atoms in total. The minimum absolute atomic E-state index is 0.316. The first kappa shape index (κ1) is 12.5. The van der Waals surface area contributed by atoms with Crippen LogP contribution >= 0.6 is 0 Å². The molecule has 1 rings (SSSR count). The molecule has 0 aromatic heterocycles. The Hall–Kier alpha value is -0.570. The first-order valence-electron chi connectivity index (χ1n) is 6.02. The van der Waals surface area contributed by atoms with E-state index >= 15 is 0 Å². The summed E-state index contributed by atoms with van der Waals surface area (Å²) in [5.41, 5.74) is 5.57. The SMILES string of the molecule is CC(C)CC(=O)N1C[C@@H](CCN)[C@H](C)C1. The molecule has 0 unspecified atom stereocenters. The number of nitrogens with two attached hydrogens (primary N) is 1. The van der Waals surface area contributed by atoms with Crippen LogP contribution < -0.4 is 5.73 Å². The second-order valence-electron chi connectivity index (χ2n) is 5.21. The molecule has 1 amide bonds. The van der Waals surface area contributed by atoms with E-state index in [9.17, 15) is 4.79 Å². The fourth-order valence-corrected chi connectivity index (χ4v) is 2.31. The van der Waals surface area contributed by atoms with Crippen LogP contribution in [0, 0.1) is 17.8 Å². The quantitative estimate of drug-likeness (QED) is 0.767. The van der Waals surface area contributed by atoms with Gasteiger partial charge in [0, 0.05) is 19.5 Å². The molecule has 0 spiro atoms. The van der Waals surface area contributed by atoms with E-state index in [1.54, 1.807) is 0 Å². The Morgan fingerprint density at radius 3 is 2.67 bits per heavy atom. The van der Waals surface area contributed by atoms with Crippen LogP contribution in [-0.4, -0.2) is 30.4 Å². The summed E-state index contributed by atoms with van der Waals surface area (Å²) in [6.45, 7) is 8.99. The fourth-order valence-electron chi connectivity index (χ4n) is 2.31. The average molecular weight is 212 g/mol. The van der Waals surface area contributed by atoms with Gasteiger partial charge in [0.25, 0.3) is 0 Å². The molecular formula is C12H24N2O. The van der Waals surface area contributed by atoms with Crippen molar-refractivity contribution in [1.82, 2.24) is 4.90 Å². The third-order valence-corrected chi connectivity index (χ3v) is 3.24. The van der Waals surface area contributed by atoms with E-state index < -0.39 is 0 Å². The van der Waals surface area contributed by atoms with Gasteiger partial charge in [-0.25, -0.2) is 0 Å². The Labute approximate surface area is 93.0 Å². The molecule has 2 atom stereocenters. The first-order chi connectivity index (χ1) is 7.04. The van der Waals surface area contributed by atoms with Crippen LogP contribution in [-0.2, 0) is 4.79 Å². The van der Waals surface area contributed by atoms with Gasteiger partial charge in [0.1, 0.15) is 0 Å². The van der Waals surface area contributed by atoms with Gasteiger partial charge < -0.3 is 10.6 Å². The number of carbonyl (C=O) groups excluding carboxylic acids is 1. The molecule has 15 heavy (non-hydrogen) atoms. The molecule has 2 N–H and O–H groups in total. The van der Waals surface area contributed by atoms with E-state index in [0.29, 0.717) is 30.1 Å². The zero-order valence-corrected chi connectivity index (χ0v) is 10.2. The molecule has 0 aromatic carbocycles. The number of hydrogen-bond acceptors (Lipinski definition) is 2. The first-order valence-corrected chi connectivity index (χ1v) is 6.02. The Morgan fingerprint density at radius 2 is 2.13 bits per heavy atom. The molecule has 0 aliphatic carbocycles. The molecular weight excluding hydrogens is 188 g/mol. The summed E-state index contributed by atoms with van der Waals surface area (Å²) in [5.74, 6) is 2.01. The van der Waals surface area contributed by atoms with Gasteiger partial charge in [0.05, 0.1) is 0 Å². The van der Waals surface area contributed by atoms with Gasteiger partial charge in [-0.3, -0.25) is 4.79 Å². The van der Waals surface area contributed by atoms with Crippen molar-refractivity contribution in [2.24, 2.45) is 23.5 Å². The van der Waals surface area contributed by atoms with Crippen LogP contribution in [0.3, 0.4) is 0 Å². The second kappa shape index (κ2) is 5.50. The highest BCUT2D eigenvalue weighted by molar-refractivity contribution is 5.76. The summed E-state index contributed by atoms with van der Waals surface area (Å²) < 4.78 is 0. The molecule has 88 valence electrons.